The zero-order valence-electron chi connectivity index (χ0n) is 25.1. The molecule has 5 unspecified atom stereocenters. The number of fused-ring (bicyclic) bond motifs is 7. The molecule has 4 N–H and O–H groups in total. The molecule has 2 bridgehead atoms. The van der Waals surface area contributed by atoms with Gasteiger partial charge in [-0.3, -0.25) is 25.8 Å². The summed E-state index contributed by atoms with van der Waals surface area (Å²) in [4.78, 5) is 16.0. The maximum atomic E-state index is 13.7. The van der Waals surface area contributed by atoms with Crippen LogP contribution < -0.4 is 21.3 Å². The number of rotatable bonds is 5. The van der Waals surface area contributed by atoms with Gasteiger partial charge in [0.25, 0.3) is 0 Å². The highest BCUT2D eigenvalue weighted by Gasteiger charge is 2.52. The molecule has 5 atom stereocenters. The van der Waals surface area contributed by atoms with Crippen LogP contribution in [0.5, 0.6) is 0 Å². The van der Waals surface area contributed by atoms with Crippen LogP contribution in [0.25, 0.3) is 10.9 Å². The van der Waals surface area contributed by atoms with Crippen molar-refractivity contribution in [3.05, 3.63) is 42.6 Å². The number of ether oxygens (including phenoxy) is 1. The first kappa shape index (κ1) is 28.6. The Bertz CT molecular complexity index is 1240. The van der Waals surface area contributed by atoms with Crippen molar-refractivity contribution in [3.8, 4) is 0 Å². The molecule has 3 fully saturated rings. The van der Waals surface area contributed by atoms with Crippen LogP contribution in [0.1, 0.15) is 46.0 Å². The fourth-order valence-corrected chi connectivity index (χ4v) is 6.84. The van der Waals surface area contributed by atoms with Crippen molar-refractivity contribution < 1.29 is 9.53 Å². The minimum atomic E-state index is -0.264. The summed E-state index contributed by atoms with van der Waals surface area (Å²) in [6, 6.07) is 8.97. The molecule has 0 aliphatic carbocycles. The Morgan fingerprint density at radius 3 is 2.85 bits per heavy atom. The molecule has 10 nitrogen and oxygen atoms in total. The molecule has 4 aliphatic rings. The first-order valence-electron chi connectivity index (χ1n) is 15.4. The van der Waals surface area contributed by atoms with Gasteiger partial charge in [0.1, 0.15) is 6.29 Å². The number of nitrogens with zero attached hydrogens (tertiary/aromatic N) is 4. The average molecular weight is 565 g/mol. The number of amides is 1. The summed E-state index contributed by atoms with van der Waals surface area (Å²) in [6.07, 6.45) is 11.5. The highest BCUT2D eigenvalue weighted by molar-refractivity contribution is 5.84. The van der Waals surface area contributed by atoms with E-state index in [2.05, 4.69) is 106 Å². The zero-order chi connectivity index (χ0) is 28.6. The van der Waals surface area contributed by atoms with E-state index in [0.717, 1.165) is 57.5 Å². The molecule has 0 radical (unpaired) electrons. The molecule has 10 heteroatoms. The van der Waals surface area contributed by atoms with Crippen LogP contribution >= 0.6 is 0 Å². The molecule has 5 heterocycles. The lowest BCUT2D eigenvalue weighted by atomic mass is 9.89. The summed E-state index contributed by atoms with van der Waals surface area (Å²) >= 11 is 0. The normalized spacial score (nSPS) is 31.7. The van der Waals surface area contributed by atoms with Crippen LogP contribution in [0.15, 0.2) is 42.6 Å². The van der Waals surface area contributed by atoms with Gasteiger partial charge < -0.3 is 19.5 Å². The van der Waals surface area contributed by atoms with Gasteiger partial charge in [0.15, 0.2) is 0 Å². The molecule has 1 aromatic heterocycles. The lowest BCUT2D eigenvalue weighted by Crippen LogP contribution is -2.69. The second-order valence-electron chi connectivity index (χ2n) is 12.8. The number of allylic oxidation sites excluding steroid dienone is 1. The molecule has 1 amide bonds. The third-order valence-corrected chi connectivity index (χ3v) is 9.22. The van der Waals surface area contributed by atoms with Crippen molar-refractivity contribution in [1.29, 1.82) is 0 Å². The van der Waals surface area contributed by atoms with Gasteiger partial charge in [-0.05, 0) is 84.3 Å². The minimum absolute atomic E-state index is 0.0641. The molecule has 3 saturated heterocycles. The Hall–Kier alpha value is -2.47. The lowest BCUT2D eigenvalue weighted by Gasteiger charge is -2.47. The standard InChI is InChI=1S/C31H48N8O2/c1-31(2)26-10-9-11-27(34-26)39-28-24(29(40)38(39)15-7-5-6-8-19-41-31)21-32-30(35-28)33-23-12-13-25-22(20-23)14-16-37(25)18-17-36(3)4/h5,7,12-14,16,20,24,26-28,30,32-35H,6,8-11,15,17-19,21H2,1-4H3/b7-5+. The van der Waals surface area contributed by atoms with Gasteiger partial charge in [-0.1, -0.05) is 12.2 Å². The number of benzene rings is 1. The molecular formula is C31H48N8O2. The Balaban J connectivity index is 1.20. The maximum absolute atomic E-state index is 13.7. The Labute approximate surface area is 244 Å². The minimum Gasteiger partial charge on any atom is -0.374 e. The molecule has 41 heavy (non-hydrogen) atoms. The van der Waals surface area contributed by atoms with Crippen molar-refractivity contribution in [2.24, 2.45) is 5.92 Å². The van der Waals surface area contributed by atoms with E-state index in [1.807, 2.05) is 5.01 Å². The Morgan fingerprint density at radius 2 is 2.00 bits per heavy atom. The van der Waals surface area contributed by atoms with E-state index in [0.29, 0.717) is 13.1 Å². The van der Waals surface area contributed by atoms with Gasteiger partial charge in [0.05, 0.1) is 30.4 Å². The Kier molecular flexibility index (Phi) is 8.40. The van der Waals surface area contributed by atoms with E-state index in [1.165, 1.54) is 10.9 Å². The van der Waals surface area contributed by atoms with Crippen LogP contribution in [0.3, 0.4) is 0 Å². The average Bonchev–Trinajstić information content (AvgIpc) is 3.48. The second kappa shape index (κ2) is 12.0. The van der Waals surface area contributed by atoms with E-state index >= 15 is 0 Å². The van der Waals surface area contributed by atoms with Crippen molar-refractivity contribution in [2.45, 2.75) is 82.8 Å². The number of hydrogen-bond acceptors (Lipinski definition) is 8. The fourth-order valence-electron chi connectivity index (χ4n) is 6.84. The van der Waals surface area contributed by atoms with E-state index in [1.54, 1.807) is 0 Å². The van der Waals surface area contributed by atoms with Crippen LogP contribution in [0.2, 0.25) is 0 Å². The largest absolute Gasteiger partial charge is 0.374 e. The molecule has 1 aromatic carbocycles. The van der Waals surface area contributed by atoms with Gasteiger partial charge in [-0.15, -0.1) is 0 Å². The summed E-state index contributed by atoms with van der Waals surface area (Å²) in [5.74, 6) is 0.0434. The smallest absolute Gasteiger partial charge is 0.244 e. The summed E-state index contributed by atoms with van der Waals surface area (Å²) < 4.78 is 8.68. The number of nitrogens with one attached hydrogen (secondary N) is 4. The second-order valence-corrected chi connectivity index (χ2v) is 12.8. The van der Waals surface area contributed by atoms with Crippen LogP contribution in [-0.2, 0) is 16.1 Å². The van der Waals surface area contributed by atoms with Gasteiger partial charge in [0.2, 0.25) is 5.91 Å². The highest BCUT2D eigenvalue weighted by Crippen LogP contribution is 2.34. The molecule has 2 aromatic rings. The maximum Gasteiger partial charge on any atom is 0.244 e. The number of piperidine rings is 1. The predicted molar refractivity (Wildman–Crippen MR) is 163 cm³/mol. The number of carbonyl (C=O) groups is 1. The van der Waals surface area contributed by atoms with Crippen LogP contribution in [0.4, 0.5) is 5.69 Å². The number of carbonyl (C=O) groups excluding carboxylic acids is 1. The monoisotopic (exact) mass is 564 g/mol. The van der Waals surface area contributed by atoms with E-state index in [-0.39, 0.29) is 42.1 Å². The van der Waals surface area contributed by atoms with Crippen molar-refractivity contribution >= 4 is 22.5 Å². The third kappa shape index (κ3) is 6.04. The predicted octanol–water partition coefficient (Wildman–Crippen LogP) is 2.71. The van der Waals surface area contributed by atoms with Crippen molar-refractivity contribution in [2.75, 3.05) is 45.7 Å². The summed E-state index contributed by atoms with van der Waals surface area (Å²) in [6.45, 7) is 8.35. The van der Waals surface area contributed by atoms with Gasteiger partial charge in [-0.25, -0.2) is 0 Å². The molecule has 224 valence electrons. The third-order valence-electron chi connectivity index (χ3n) is 9.22. The highest BCUT2D eigenvalue weighted by atomic mass is 16.5. The number of likely N-dealkylation sites (N-methyl/N-ethyl adjacent to an activating group) is 1. The number of hydrazine groups is 1. The van der Waals surface area contributed by atoms with Crippen molar-refractivity contribution in [1.82, 2.24) is 35.4 Å². The molecule has 6 rings (SSSR count). The first-order chi connectivity index (χ1) is 19.8. The van der Waals surface area contributed by atoms with Gasteiger partial charge in [0, 0.05) is 55.1 Å². The lowest BCUT2D eigenvalue weighted by molar-refractivity contribution is -0.147. The zero-order valence-corrected chi connectivity index (χ0v) is 25.1. The fraction of sp³-hybridized carbons (Fsp3) is 0.645. The first-order valence-corrected chi connectivity index (χ1v) is 15.4. The van der Waals surface area contributed by atoms with E-state index in [4.69, 9.17) is 4.74 Å². The topological polar surface area (TPSA) is 89.1 Å². The summed E-state index contributed by atoms with van der Waals surface area (Å²) in [5, 5.41) is 20.4. The van der Waals surface area contributed by atoms with Crippen LogP contribution in [0, 0.1) is 5.92 Å². The van der Waals surface area contributed by atoms with Gasteiger partial charge >= 0.3 is 0 Å². The summed E-state index contributed by atoms with van der Waals surface area (Å²) in [7, 11) is 4.21. The number of anilines is 1. The van der Waals surface area contributed by atoms with Crippen LogP contribution in [-0.4, -0.2) is 96.0 Å². The molecular weight excluding hydrogens is 516 g/mol. The quantitative estimate of drug-likeness (QED) is 0.413. The number of hydrogen-bond donors (Lipinski definition) is 4. The van der Waals surface area contributed by atoms with E-state index < -0.39 is 0 Å². The SMILES string of the molecule is CN(C)CCn1ccc2cc(NC3NCC4C(=O)N5C/C=C/CCCOC(C)(C)C6CCCC(N6)N5C4N3)ccc21. The molecule has 4 aliphatic heterocycles. The number of aromatic nitrogens is 1. The van der Waals surface area contributed by atoms with E-state index in [9.17, 15) is 4.79 Å². The summed E-state index contributed by atoms with van der Waals surface area (Å²) in [5.41, 5.74) is 2.03. The van der Waals surface area contributed by atoms with Crippen molar-refractivity contribution in [3.63, 3.8) is 0 Å². The van der Waals surface area contributed by atoms with Gasteiger partial charge in [-0.2, -0.15) is 5.01 Å². The molecule has 0 saturated carbocycles. The Morgan fingerprint density at radius 1 is 1.12 bits per heavy atom. The molecule has 0 spiro atoms.